The molecule has 2 N–H and O–H groups in total. The SMILES string of the molecule is C[C@@H](N)[C@H]1CCCCN1C(=O)c1cnn(-c2ccc(F)cc2)n1. The van der Waals surface area contributed by atoms with Gasteiger partial charge in [-0.25, -0.2) is 4.39 Å². The van der Waals surface area contributed by atoms with E-state index in [-0.39, 0.29) is 29.5 Å². The number of nitrogens with two attached hydrogens (primary N) is 1. The molecular formula is C16H20FN5O. The molecule has 1 amide bonds. The minimum absolute atomic E-state index is 0.0345. The van der Waals surface area contributed by atoms with Crippen LogP contribution in [0.2, 0.25) is 0 Å². The lowest BCUT2D eigenvalue weighted by Crippen LogP contribution is -2.51. The van der Waals surface area contributed by atoms with Gasteiger partial charge in [0.25, 0.3) is 5.91 Å². The van der Waals surface area contributed by atoms with Gasteiger partial charge in [-0.2, -0.15) is 9.90 Å². The van der Waals surface area contributed by atoms with Gasteiger partial charge < -0.3 is 10.6 Å². The van der Waals surface area contributed by atoms with E-state index in [1.807, 2.05) is 6.92 Å². The van der Waals surface area contributed by atoms with Crippen LogP contribution in [0.3, 0.4) is 0 Å². The molecule has 6 nitrogen and oxygen atoms in total. The highest BCUT2D eigenvalue weighted by Gasteiger charge is 2.31. The fourth-order valence-corrected chi connectivity index (χ4v) is 2.96. The molecule has 0 unspecified atom stereocenters. The van der Waals surface area contributed by atoms with Crippen molar-refractivity contribution in [3.63, 3.8) is 0 Å². The number of carbonyl (C=O) groups excluding carboxylic acids is 1. The van der Waals surface area contributed by atoms with E-state index in [9.17, 15) is 9.18 Å². The molecule has 1 aromatic heterocycles. The number of nitrogens with zero attached hydrogens (tertiary/aromatic N) is 4. The van der Waals surface area contributed by atoms with E-state index in [0.717, 1.165) is 19.3 Å². The summed E-state index contributed by atoms with van der Waals surface area (Å²) in [4.78, 5) is 15.8. The first-order valence-electron chi connectivity index (χ1n) is 7.81. The highest BCUT2D eigenvalue weighted by atomic mass is 19.1. The lowest BCUT2D eigenvalue weighted by atomic mass is 9.96. The first kappa shape index (κ1) is 15.6. The molecule has 1 saturated heterocycles. The molecule has 2 heterocycles. The van der Waals surface area contributed by atoms with Crippen LogP contribution in [0.1, 0.15) is 36.7 Å². The highest BCUT2D eigenvalue weighted by molar-refractivity contribution is 5.92. The minimum Gasteiger partial charge on any atom is -0.333 e. The van der Waals surface area contributed by atoms with Crippen molar-refractivity contribution in [2.75, 3.05) is 6.54 Å². The van der Waals surface area contributed by atoms with Gasteiger partial charge in [0.15, 0.2) is 5.69 Å². The van der Waals surface area contributed by atoms with E-state index in [0.29, 0.717) is 12.2 Å². The lowest BCUT2D eigenvalue weighted by molar-refractivity contribution is 0.0577. The summed E-state index contributed by atoms with van der Waals surface area (Å²) in [6, 6.07) is 5.75. The molecule has 1 aliphatic rings. The van der Waals surface area contributed by atoms with Crippen molar-refractivity contribution < 1.29 is 9.18 Å². The molecule has 1 fully saturated rings. The number of halogens is 1. The lowest BCUT2D eigenvalue weighted by Gasteiger charge is -2.37. The average molecular weight is 317 g/mol. The van der Waals surface area contributed by atoms with Crippen molar-refractivity contribution in [3.05, 3.63) is 42.0 Å². The summed E-state index contributed by atoms with van der Waals surface area (Å²) in [6.45, 7) is 2.61. The van der Waals surface area contributed by atoms with Gasteiger partial charge in [-0.15, -0.1) is 5.10 Å². The number of carbonyl (C=O) groups is 1. The van der Waals surface area contributed by atoms with Crippen LogP contribution in [-0.4, -0.2) is 44.4 Å². The summed E-state index contributed by atoms with van der Waals surface area (Å²) >= 11 is 0. The summed E-state index contributed by atoms with van der Waals surface area (Å²) < 4.78 is 13.0. The molecule has 7 heteroatoms. The second-order valence-corrected chi connectivity index (χ2v) is 5.92. The molecule has 122 valence electrons. The van der Waals surface area contributed by atoms with Crippen LogP contribution in [0.25, 0.3) is 5.69 Å². The Bertz CT molecular complexity index is 682. The third-order valence-corrected chi connectivity index (χ3v) is 4.19. The quantitative estimate of drug-likeness (QED) is 0.935. The van der Waals surface area contributed by atoms with Crippen LogP contribution >= 0.6 is 0 Å². The molecule has 3 rings (SSSR count). The summed E-state index contributed by atoms with van der Waals surface area (Å²) in [5.41, 5.74) is 6.90. The van der Waals surface area contributed by atoms with Crippen molar-refractivity contribution in [1.82, 2.24) is 19.9 Å². The van der Waals surface area contributed by atoms with E-state index >= 15 is 0 Å². The minimum atomic E-state index is -0.328. The van der Waals surface area contributed by atoms with Crippen molar-refractivity contribution in [2.45, 2.75) is 38.3 Å². The van der Waals surface area contributed by atoms with E-state index in [4.69, 9.17) is 5.73 Å². The Morgan fingerprint density at radius 3 is 2.78 bits per heavy atom. The first-order chi connectivity index (χ1) is 11.1. The smallest absolute Gasteiger partial charge is 0.276 e. The normalized spacial score (nSPS) is 19.6. The number of aromatic nitrogens is 3. The predicted octanol–water partition coefficient (Wildman–Crippen LogP) is 1.75. The van der Waals surface area contributed by atoms with Crippen molar-refractivity contribution >= 4 is 5.91 Å². The highest BCUT2D eigenvalue weighted by Crippen LogP contribution is 2.21. The molecule has 1 aromatic carbocycles. The molecule has 2 aromatic rings. The molecule has 0 spiro atoms. The van der Waals surface area contributed by atoms with Gasteiger partial charge in [-0.1, -0.05) is 0 Å². The van der Waals surface area contributed by atoms with Crippen LogP contribution in [0.5, 0.6) is 0 Å². The Balaban J connectivity index is 1.81. The van der Waals surface area contributed by atoms with Gasteiger partial charge in [0.1, 0.15) is 5.82 Å². The van der Waals surface area contributed by atoms with Crippen LogP contribution in [0, 0.1) is 5.82 Å². The maximum absolute atomic E-state index is 13.0. The van der Waals surface area contributed by atoms with Crippen LogP contribution in [0.4, 0.5) is 4.39 Å². The van der Waals surface area contributed by atoms with E-state index < -0.39 is 0 Å². The second kappa shape index (κ2) is 6.45. The van der Waals surface area contributed by atoms with E-state index in [1.54, 1.807) is 17.0 Å². The Morgan fingerprint density at radius 1 is 1.35 bits per heavy atom. The Labute approximate surface area is 134 Å². The van der Waals surface area contributed by atoms with Crippen LogP contribution in [-0.2, 0) is 0 Å². The molecule has 2 atom stereocenters. The van der Waals surface area contributed by atoms with Crippen molar-refractivity contribution in [1.29, 1.82) is 0 Å². The number of benzene rings is 1. The average Bonchev–Trinajstić information content (AvgIpc) is 3.04. The second-order valence-electron chi connectivity index (χ2n) is 5.92. The van der Waals surface area contributed by atoms with E-state index in [1.165, 1.54) is 23.1 Å². The van der Waals surface area contributed by atoms with Gasteiger partial charge in [-0.3, -0.25) is 4.79 Å². The maximum Gasteiger partial charge on any atom is 0.276 e. The van der Waals surface area contributed by atoms with Gasteiger partial charge in [0.2, 0.25) is 0 Å². The Morgan fingerprint density at radius 2 is 2.09 bits per heavy atom. The molecular weight excluding hydrogens is 297 g/mol. The zero-order valence-electron chi connectivity index (χ0n) is 13.0. The van der Waals surface area contributed by atoms with Gasteiger partial charge >= 0.3 is 0 Å². The topological polar surface area (TPSA) is 77.0 Å². The van der Waals surface area contributed by atoms with Gasteiger partial charge in [-0.05, 0) is 50.5 Å². The van der Waals surface area contributed by atoms with E-state index in [2.05, 4.69) is 10.2 Å². The zero-order valence-corrected chi connectivity index (χ0v) is 13.0. The molecule has 0 aliphatic carbocycles. The van der Waals surface area contributed by atoms with Crippen LogP contribution in [0.15, 0.2) is 30.5 Å². The summed E-state index contributed by atoms with van der Waals surface area (Å²) in [6.07, 6.45) is 4.41. The number of amides is 1. The summed E-state index contributed by atoms with van der Waals surface area (Å²) in [5.74, 6) is -0.481. The summed E-state index contributed by atoms with van der Waals surface area (Å²) in [5, 5.41) is 8.34. The number of rotatable bonds is 3. The molecule has 1 aliphatic heterocycles. The zero-order chi connectivity index (χ0) is 16.4. The predicted molar refractivity (Wildman–Crippen MR) is 83.6 cm³/mol. The Hall–Kier alpha value is -2.28. The molecule has 0 radical (unpaired) electrons. The third-order valence-electron chi connectivity index (χ3n) is 4.19. The fraction of sp³-hybridized carbons (Fsp3) is 0.438. The van der Waals surface area contributed by atoms with Crippen LogP contribution < -0.4 is 5.73 Å². The monoisotopic (exact) mass is 317 g/mol. The van der Waals surface area contributed by atoms with Crippen molar-refractivity contribution in [2.24, 2.45) is 5.73 Å². The Kier molecular flexibility index (Phi) is 4.38. The number of piperidine rings is 1. The van der Waals surface area contributed by atoms with Gasteiger partial charge in [0, 0.05) is 18.6 Å². The maximum atomic E-state index is 13.0. The fourth-order valence-electron chi connectivity index (χ4n) is 2.96. The largest absolute Gasteiger partial charge is 0.333 e. The first-order valence-corrected chi connectivity index (χ1v) is 7.81. The summed E-state index contributed by atoms with van der Waals surface area (Å²) in [7, 11) is 0. The molecule has 0 bridgehead atoms. The number of likely N-dealkylation sites (tertiary alicyclic amines) is 1. The standard InChI is InChI=1S/C16H20FN5O/c1-11(18)15-4-2-3-9-21(15)16(23)14-10-19-22(20-14)13-7-5-12(17)6-8-13/h5-8,10-11,15H,2-4,9,18H2,1H3/t11-,15-/m1/s1. The molecule has 23 heavy (non-hydrogen) atoms. The third kappa shape index (κ3) is 3.24. The van der Waals surface area contributed by atoms with Crippen molar-refractivity contribution in [3.8, 4) is 5.69 Å². The molecule has 0 saturated carbocycles. The van der Waals surface area contributed by atoms with Gasteiger partial charge in [0.05, 0.1) is 11.9 Å². The number of hydrogen-bond donors (Lipinski definition) is 1. The number of hydrogen-bond acceptors (Lipinski definition) is 4.